The zero-order chi connectivity index (χ0) is 13.5. The fourth-order valence-corrected chi connectivity index (χ4v) is 1.64. The first kappa shape index (κ1) is 16.1. The largest absolute Gasteiger partial charge is 0.322 e. The monoisotopic (exact) mass is 259 g/mol. The van der Waals surface area contributed by atoms with Crippen LogP contribution in [0.25, 0.3) is 0 Å². The molecule has 1 aromatic rings. The molecule has 98 valence electrons. The highest BCUT2D eigenvalue weighted by Gasteiger charge is 2.11. The molecule has 0 spiro atoms. The molecule has 0 saturated carbocycles. The average Bonchev–Trinajstić information content (AvgIpc) is 2.17. The third-order valence-corrected chi connectivity index (χ3v) is 2.90. The van der Waals surface area contributed by atoms with E-state index in [2.05, 4.69) is 0 Å². The van der Waals surface area contributed by atoms with Crippen molar-refractivity contribution in [2.75, 3.05) is 5.75 Å². The van der Waals surface area contributed by atoms with Crippen LogP contribution in [-0.4, -0.2) is 18.7 Å². The minimum Gasteiger partial charge on any atom is -0.322 e. The average molecular weight is 259 g/mol. The van der Waals surface area contributed by atoms with Gasteiger partial charge in [-0.05, 0) is 25.8 Å². The molecule has 0 fully saturated rings. The molecule has 1 rings (SSSR count). The van der Waals surface area contributed by atoms with E-state index in [0.29, 0.717) is 6.42 Å². The van der Waals surface area contributed by atoms with E-state index >= 15 is 0 Å². The summed E-state index contributed by atoms with van der Waals surface area (Å²) in [6.45, 7) is 5.69. The zero-order valence-corrected chi connectivity index (χ0v) is 11.4. The van der Waals surface area contributed by atoms with E-state index in [1.165, 1.54) is 5.56 Å². The Morgan fingerprint density at radius 2 is 1.71 bits per heavy atom. The van der Waals surface area contributed by atoms with Crippen molar-refractivity contribution in [1.82, 2.24) is 0 Å². The van der Waals surface area contributed by atoms with Gasteiger partial charge in [0.05, 0.1) is 5.75 Å². The lowest BCUT2D eigenvalue weighted by Gasteiger charge is -2.18. The Hall–Kier alpha value is -0.910. The normalized spacial score (nSPS) is 11.6. The van der Waals surface area contributed by atoms with Crippen molar-refractivity contribution in [1.29, 1.82) is 0 Å². The molecule has 3 N–H and O–H groups in total. The number of benzene rings is 1. The van der Waals surface area contributed by atoms with Crippen molar-refractivity contribution in [3.8, 4) is 0 Å². The standard InChI is InChI=1S/C9H13N.C3H8O3S/c1-9(2,10)8-6-4-3-5-7-8;1-2-3-7(4,5)6/h3-7H,10H2,1-2H3;2-3H2,1H3,(H,4,5,6). The van der Waals surface area contributed by atoms with Gasteiger partial charge < -0.3 is 5.73 Å². The van der Waals surface area contributed by atoms with Gasteiger partial charge in [-0.2, -0.15) is 8.42 Å². The summed E-state index contributed by atoms with van der Waals surface area (Å²) in [7, 11) is -3.67. The summed E-state index contributed by atoms with van der Waals surface area (Å²) < 4.78 is 27.6. The predicted molar refractivity (Wildman–Crippen MR) is 70.4 cm³/mol. The molecule has 0 amide bonds. The first-order chi connectivity index (χ1) is 7.67. The van der Waals surface area contributed by atoms with Gasteiger partial charge in [-0.15, -0.1) is 0 Å². The molecule has 4 nitrogen and oxygen atoms in total. The summed E-state index contributed by atoms with van der Waals surface area (Å²) in [6, 6.07) is 10.1. The van der Waals surface area contributed by atoms with Gasteiger partial charge in [0.2, 0.25) is 0 Å². The van der Waals surface area contributed by atoms with Gasteiger partial charge in [0.15, 0.2) is 0 Å². The lowest BCUT2D eigenvalue weighted by atomic mass is 9.96. The van der Waals surface area contributed by atoms with E-state index in [0.717, 1.165) is 0 Å². The molecule has 17 heavy (non-hydrogen) atoms. The van der Waals surface area contributed by atoms with Gasteiger partial charge in [0, 0.05) is 5.54 Å². The van der Waals surface area contributed by atoms with Crippen molar-refractivity contribution in [3.05, 3.63) is 35.9 Å². The molecular formula is C12H21NO3S. The highest BCUT2D eigenvalue weighted by Crippen LogP contribution is 2.14. The maximum Gasteiger partial charge on any atom is 0.264 e. The van der Waals surface area contributed by atoms with Gasteiger partial charge in [0.25, 0.3) is 10.1 Å². The highest BCUT2D eigenvalue weighted by molar-refractivity contribution is 7.85. The minimum absolute atomic E-state index is 0.132. The second-order valence-electron chi connectivity index (χ2n) is 4.37. The van der Waals surface area contributed by atoms with Gasteiger partial charge >= 0.3 is 0 Å². The molecule has 0 aliphatic heterocycles. The zero-order valence-electron chi connectivity index (χ0n) is 10.6. The lowest BCUT2D eigenvalue weighted by molar-refractivity contribution is 0.482. The summed E-state index contributed by atoms with van der Waals surface area (Å²) >= 11 is 0. The molecule has 1 aromatic carbocycles. The summed E-state index contributed by atoms with van der Waals surface area (Å²) in [4.78, 5) is 0. The number of hydrogen-bond donors (Lipinski definition) is 2. The van der Waals surface area contributed by atoms with Crippen LogP contribution in [-0.2, 0) is 15.7 Å². The molecule has 0 saturated heterocycles. The van der Waals surface area contributed by atoms with Crippen LogP contribution in [0.1, 0.15) is 32.8 Å². The minimum atomic E-state index is -3.67. The van der Waals surface area contributed by atoms with Crippen LogP contribution in [0.5, 0.6) is 0 Å². The summed E-state index contributed by atoms with van der Waals surface area (Å²) in [6.07, 6.45) is 0.471. The van der Waals surface area contributed by atoms with Crippen molar-refractivity contribution in [2.24, 2.45) is 5.73 Å². The summed E-state index contributed by atoms with van der Waals surface area (Å²) in [5, 5.41) is 0. The quantitative estimate of drug-likeness (QED) is 0.815. The van der Waals surface area contributed by atoms with Gasteiger partial charge in [0.1, 0.15) is 0 Å². The SMILES string of the molecule is CC(C)(N)c1ccccc1.CCCS(=O)(=O)O. The van der Waals surface area contributed by atoms with Crippen LogP contribution in [0.4, 0.5) is 0 Å². The van der Waals surface area contributed by atoms with E-state index in [4.69, 9.17) is 10.3 Å². The smallest absolute Gasteiger partial charge is 0.264 e. The maximum atomic E-state index is 9.79. The molecule has 0 aromatic heterocycles. The number of nitrogens with two attached hydrogens (primary N) is 1. The fourth-order valence-electron chi connectivity index (χ4n) is 1.13. The van der Waals surface area contributed by atoms with Crippen LogP contribution in [0, 0.1) is 0 Å². The van der Waals surface area contributed by atoms with Gasteiger partial charge in [-0.1, -0.05) is 37.3 Å². The van der Waals surface area contributed by atoms with E-state index in [1.807, 2.05) is 44.2 Å². The van der Waals surface area contributed by atoms with Crippen LogP contribution in [0.3, 0.4) is 0 Å². The summed E-state index contributed by atoms with van der Waals surface area (Å²) in [5.41, 5.74) is 6.83. The van der Waals surface area contributed by atoms with Crippen LogP contribution < -0.4 is 5.73 Å². The van der Waals surface area contributed by atoms with Crippen molar-refractivity contribution >= 4 is 10.1 Å². The van der Waals surface area contributed by atoms with E-state index < -0.39 is 10.1 Å². The fraction of sp³-hybridized carbons (Fsp3) is 0.500. The highest BCUT2D eigenvalue weighted by atomic mass is 32.2. The molecule has 0 atom stereocenters. The molecule has 5 heteroatoms. The predicted octanol–water partition coefficient (Wildman–Crippen LogP) is 2.16. The first-order valence-electron chi connectivity index (χ1n) is 5.46. The Morgan fingerprint density at radius 1 is 1.24 bits per heavy atom. The van der Waals surface area contributed by atoms with Crippen LogP contribution in [0.2, 0.25) is 0 Å². The molecule has 0 aliphatic carbocycles. The third kappa shape index (κ3) is 8.85. The number of hydrogen-bond acceptors (Lipinski definition) is 3. The second kappa shape index (κ2) is 6.74. The molecule has 0 radical (unpaired) electrons. The molecular weight excluding hydrogens is 238 g/mol. The Bertz CT molecular complexity index is 407. The Labute approximate surface area is 104 Å². The Kier molecular flexibility index (Phi) is 6.37. The molecule has 0 bridgehead atoms. The van der Waals surface area contributed by atoms with Gasteiger partial charge in [-0.3, -0.25) is 4.55 Å². The second-order valence-corrected chi connectivity index (χ2v) is 5.95. The number of rotatable bonds is 3. The van der Waals surface area contributed by atoms with E-state index in [1.54, 1.807) is 6.92 Å². The van der Waals surface area contributed by atoms with E-state index in [-0.39, 0.29) is 11.3 Å². The van der Waals surface area contributed by atoms with E-state index in [9.17, 15) is 8.42 Å². The Morgan fingerprint density at radius 3 is 1.88 bits per heavy atom. The molecule has 0 aliphatic rings. The molecule has 0 heterocycles. The Balaban J connectivity index is 0.000000325. The maximum absolute atomic E-state index is 9.79. The lowest BCUT2D eigenvalue weighted by Crippen LogP contribution is -2.28. The van der Waals surface area contributed by atoms with Crippen molar-refractivity contribution in [2.45, 2.75) is 32.7 Å². The van der Waals surface area contributed by atoms with Gasteiger partial charge in [-0.25, -0.2) is 0 Å². The van der Waals surface area contributed by atoms with Crippen molar-refractivity contribution < 1.29 is 13.0 Å². The van der Waals surface area contributed by atoms with Crippen LogP contribution >= 0.6 is 0 Å². The first-order valence-corrected chi connectivity index (χ1v) is 7.07. The third-order valence-electron chi connectivity index (χ3n) is 1.98. The molecule has 0 unspecified atom stereocenters. The van der Waals surface area contributed by atoms with Crippen molar-refractivity contribution in [3.63, 3.8) is 0 Å². The topological polar surface area (TPSA) is 80.4 Å². The van der Waals surface area contributed by atoms with Crippen LogP contribution in [0.15, 0.2) is 30.3 Å². The summed E-state index contributed by atoms with van der Waals surface area (Å²) in [5.74, 6) is -0.132.